The Hall–Kier alpha value is -1.14. The number of aryl methyl sites for hydroxylation is 1. The summed E-state index contributed by atoms with van der Waals surface area (Å²) in [5.41, 5.74) is 6.56. The molecule has 4 N–H and O–H groups in total. The van der Waals surface area contributed by atoms with Crippen LogP contribution >= 0.6 is 11.8 Å². The number of nitrogens with zero attached hydrogens (tertiary/aromatic N) is 2. The van der Waals surface area contributed by atoms with Gasteiger partial charge in [0.25, 0.3) is 0 Å². The number of nitrogens with one attached hydrogen (secondary N) is 1. The van der Waals surface area contributed by atoms with Gasteiger partial charge in [0.15, 0.2) is 5.16 Å². The van der Waals surface area contributed by atoms with Crippen LogP contribution in [0.3, 0.4) is 0 Å². The summed E-state index contributed by atoms with van der Waals surface area (Å²) < 4.78 is 0. The maximum absolute atomic E-state index is 9.39. The van der Waals surface area contributed by atoms with Gasteiger partial charge in [0.05, 0.1) is 6.10 Å². The molecule has 1 aromatic rings. The van der Waals surface area contributed by atoms with Gasteiger partial charge in [-0.3, -0.25) is 5.41 Å². The van der Waals surface area contributed by atoms with Crippen LogP contribution in [0.25, 0.3) is 0 Å². The van der Waals surface area contributed by atoms with Crippen LogP contribution in [0.4, 0.5) is 0 Å². The largest absolute Gasteiger partial charge is 0.392 e. The van der Waals surface area contributed by atoms with Crippen molar-refractivity contribution >= 4 is 17.6 Å². The molecule has 0 saturated heterocycles. The van der Waals surface area contributed by atoms with Crippen molar-refractivity contribution in [3.8, 4) is 0 Å². The topological polar surface area (TPSA) is 95.9 Å². The second-order valence-electron chi connectivity index (χ2n) is 3.65. The van der Waals surface area contributed by atoms with Crippen LogP contribution in [0.5, 0.6) is 0 Å². The van der Waals surface area contributed by atoms with Crippen molar-refractivity contribution < 1.29 is 5.11 Å². The van der Waals surface area contributed by atoms with Crippen molar-refractivity contribution in [1.82, 2.24) is 9.97 Å². The van der Waals surface area contributed by atoms with E-state index < -0.39 is 6.10 Å². The van der Waals surface area contributed by atoms with Crippen molar-refractivity contribution in [2.75, 3.05) is 0 Å². The highest BCUT2D eigenvalue weighted by Gasteiger charge is 2.13. The van der Waals surface area contributed by atoms with Crippen LogP contribution in [0, 0.1) is 12.3 Å². The lowest BCUT2D eigenvalue weighted by Crippen LogP contribution is -2.17. The predicted molar refractivity (Wildman–Crippen MR) is 64.8 cm³/mol. The number of nitrogen functional groups attached to an aromatic ring is 1. The Bertz CT molecular complexity index is 394. The minimum atomic E-state index is -0.435. The summed E-state index contributed by atoms with van der Waals surface area (Å²) in [5, 5.41) is 17.3. The zero-order valence-corrected chi connectivity index (χ0v) is 10.4. The third-order valence-corrected chi connectivity index (χ3v) is 3.24. The Morgan fingerprint density at radius 2 is 2.12 bits per heavy atom. The number of hydrogen-bond donors (Lipinski definition) is 3. The summed E-state index contributed by atoms with van der Waals surface area (Å²) in [5.74, 6) is -0.0722. The maximum Gasteiger partial charge on any atom is 0.188 e. The first kappa shape index (κ1) is 12.9. The van der Waals surface area contributed by atoms with Crippen molar-refractivity contribution in [3.63, 3.8) is 0 Å². The molecule has 0 aliphatic rings. The first-order chi connectivity index (χ1) is 7.40. The average Bonchev–Trinajstić information content (AvgIpc) is 2.16. The van der Waals surface area contributed by atoms with Crippen molar-refractivity contribution in [3.05, 3.63) is 17.5 Å². The summed E-state index contributed by atoms with van der Waals surface area (Å²) in [4.78, 5) is 8.37. The number of thioether (sulfide) groups is 1. The fourth-order valence-corrected chi connectivity index (χ4v) is 1.87. The summed E-state index contributed by atoms with van der Waals surface area (Å²) in [6.07, 6.45) is -0.435. The SMILES string of the molecule is Cc1cc(C(=N)N)nc(SC(C)C(C)O)n1. The van der Waals surface area contributed by atoms with Gasteiger partial charge in [-0.25, -0.2) is 9.97 Å². The lowest BCUT2D eigenvalue weighted by atomic mass is 10.3. The lowest BCUT2D eigenvalue weighted by Gasteiger charge is -2.13. The normalized spacial score (nSPS) is 14.5. The molecule has 0 aromatic carbocycles. The van der Waals surface area contributed by atoms with Crippen LogP contribution in [0.15, 0.2) is 11.2 Å². The highest BCUT2D eigenvalue weighted by Crippen LogP contribution is 2.22. The standard InChI is InChI=1S/C10H16N4OS/c1-5-4-8(9(11)12)14-10(13-5)16-7(3)6(2)15/h4,6-7,15H,1-3H3,(H3,11,12). The molecule has 5 nitrogen and oxygen atoms in total. The molecule has 0 fully saturated rings. The van der Waals surface area contributed by atoms with Gasteiger partial charge in [-0.2, -0.15) is 0 Å². The zero-order chi connectivity index (χ0) is 12.3. The summed E-state index contributed by atoms with van der Waals surface area (Å²) in [7, 11) is 0. The molecule has 1 rings (SSSR count). The molecule has 1 aromatic heterocycles. The molecule has 0 aliphatic heterocycles. The third-order valence-electron chi connectivity index (χ3n) is 2.08. The summed E-state index contributed by atoms with van der Waals surface area (Å²) in [6, 6.07) is 1.67. The molecule has 6 heteroatoms. The van der Waals surface area contributed by atoms with Gasteiger partial charge in [0.1, 0.15) is 11.5 Å². The van der Waals surface area contributed by atoms with Crippen LogP contribution < -0.4 is 5.73 Å². The van der Waals surface area contributed by atoms with Gasteiger partial charge in [-0.15, -0.1) is 0 Å². The van der Waals surface area contributed by atoms with E-state index in [1.165, 1.54) is 11.8 Å². The Balaban J connectivity index is 2.92. The molecule has 16 heavy (non-hydrogen) atoms. The van der Waals surface area contributed by atoms with Gasteiger partial charge in [-0.05, 0) is 19.9 Å². The van der Waals surface area contributed by atoms with Crippen molar-refractivity contribution in [2.24, 2.45) is 5.73 Å². The fraction of sp³-hybridized carbons (Fsp3) is 0.500. The molecular weight excluding hydrogens is 224 g/mol. The highest BCUT2D eigenvalue weighted by atomic mass is 32.2. The molecule has 0 radical (unpaired) electrons. The minimum absolute atomic E-state index is 0.00149. The number of nitrogens with two attached hydrogens (primary N) is 1. The average molecular weight is 240 g/mol. The van der Waals surface area contributed by atoms with Crippen molar-refractivity contribution in [1.29, 1.82) is 5.41 Å². The van der Waals surface area contributed by atoms with Crippen LogP contribution in [0.1, 0.15) is 25.2 Å². The maximum atomic E-state index is 9.39. The van der Waals surface area contributed by atoms with Crippen LogP contribution in [-0.2, 0) is 0 Å². The van der Waals surface area contributed by atoms with Gasteiger partial charge in [0.2, 0.25) is 0 Å². The Labute approximate surface area is 99.0 Å². The number of amidine groups is 1. The molecule has 0 amide bonds. The molecule has 2 unspecified atom stereocenters. The van der Waals surface area contributed by atoms with Gasteiger partial charge < -0.3 is 10.8 Å². The molecule has 0 bridgehead atoms. The van der Waals surface area contributed by atoms with E-state index in [0.717, 1.165) is 5.69 Å². The molecule has 0 saturated carbocycles. The Morgan fingerprint density at radius 1 is 1.50 bits per heavy atom. The smallest absolute Gasteiger partial charge is 0.188 e. The van der Waals surface area contributed by atoms with E-state index in [4.69, 9.17) is 11.1 Å². The third kappa shape index (κ3) is 3.46. The van der Waals surface area contributed by atoms with Crippen molar-refractivity contribution in [2.45, 2.75) is 37.3 Å². The monoisotopic (exact) mass is 240 g/mol. The molecular formula is C10H16N4OS. The molecule has 0 spiro atoms. The molecule has 0 aliphatic carbocycles. The van der Waals surface area contributed by atoms with E-state index >= 15 is 0 Å². The first-order valence-electron chi connectivity index (χ1n) is 4.95. The first-order valence-corrected chi connectivity index (χ1v) is 5.83. The lowest BCUT2D eigenvalue weighted by molar-refractivity contribution is 0.196. The van der Waals surface area contributed by atoms with Crippen LogP contribution in [0.2, 0.25) is 0 Å². The number of rotatable bonds is 4. The predicted octanol–water partition coefficient (Wildman–Crippen LogP) is 0.930. The minimum Gasteiger partial charge on any atom is -0.392 e. The van der Waals surface area contributed by atoms with E-state index in [-0.39, 0.29) is 11.1 Å². The second-order valence-corrected chi connectivity index (χ2v) is 5.00. The number of aromatic nitrogens is 2. The van der Waals surface area contributed by atoms with Gasteiger partial charge >= 0.3 is 0 Å². The van der Waals surface area contributed by atoms with Gasteiger partial charge in [0, 0.05) is 10.9 Å². The van der Waals surface area contributed by atoms with Crippen LogP contribution in [-0.4, -0.2) is 32.3 Å². The second kappa shape index (κ2) is 5.27. The summed E-state index contributed by atoms with van der Waals surface area (Å²) >= 11 is 1.37. The number of aliphatic hydroxyl groups is 1. The van der Waals surface area contributed by atoms with E-state index in [9.17, 15) is 5.11 Å². The van der Waals surface area contributed by atoms with E-state index in [1.807, 2.05) is 13.8 Å². The summed E-state index contributed by atoms with van der Waals surface area (Å²) in [6.45, 7) is 5.44. The van der Waals surface area contributed by atoms with E-state index in [2.05, 4.69) is 9.97 Å². The Morgan fingerprint density at radius 3 is 2.62 bits per heavy atom. The molecule has 88 valence electrons. The molecule has 1 heterocycles. The van der Waals surface area contributed by atoms with E-state index in [0.29, 0.717) is 10.9 Å². The van der Waals surface area contributed by atoms with Gasteiger partial charge in [-0.1, -0.05) is 18.7 Å². The zero-order valence-electron chi connectivity index (χ0n) is 9.56. The van der Waals surface area contributed by atoms with E-state index in [1.54, 1.807) is 13.0 Å². The number of aliphatic hydroxyl groups excluding tert-OH is 1. The quantitative estimate of drug-likeness (QED) is 0.315. The Kier molecular flexibility index (Phi) is 4.26. The fourth-order valence-electron chi connectivity index (χ4n) is 0.997. The number of hydrogen-bond acceptors (Lipinski definition) is 5. The molecule has 2 atom stereocenters. The highest BCUT2D eigenvalue weighted by molar-refractivity contribution is 7.99.